The highest BCUT2D eigenvalue weighted by Crippen LogP contribution is 2.23. The lowest BCUT2D eigenvalue weighted by atomic mass is 9.97. The van der Waals surface area contributed by atoms with Crippen LogP contribution in [0, 0.1) is 0 Å². The van der Waals surface area contributed by atoms with Crippen molar-refractivity contribution >= 4 is 0 Å². The molecule has 2 N–H and O–H groups in total. The highest BCUT2D eigenvalue weighted by molar-refractivity contribution is 4.76. The first-order valence-corrected chi connectivity index (χ1v) is 5.70. The molecule has 3 heteroatoms. The molecule has 0 aromatic carbocycles. The molecule has 1 heterocycles. The quantitative estimate of drug-likeness (QED) is 0.664. The predicted octanol–water partition coefficient (Wildman–Crippen LogP) is 1.47. The van der Waals surface area contributed by atoms with Crippen LogP contribution >= 0.6 is 0 Å². The van der Waals surface area contributed by atoms with Gasteiger partial charge in [-0.15, -0.1) is 0 Å². The maximum atomic E-state index is 9.55. The summed E-state index contributed by atoms with van der Waals surface area (Å²) in [5.74, 6) is 0. The van der Waals surface area contributed by atoms with Crippen molar-refractivity contribution in [2.45, 2.75) is 63.8 Å². The first-order chi connectivity index (χ1) is 6.76. The van der Waals surface area contributed by atoms with Gasteiger partial charge in [-0.05, 0) is 12.8 Å². The summed E-state index contributed by atoms with van der Waals surface area (Å²) < 4.78 is 5.64. The van der Waals surface area contributed by atoms with E-state index in [2.05, 4.69) is 6.92 Å². The number of hydrogen-bond donors (Lipinski definition) is 2. The maximum absolute atomic E-state index is 9.55. The second-order valence-corrected chi connectivity index (χ2v) is 4.18. The molecular formula is C11H22O3. The van der Waals surface area contributed by atoms with Crippen LogP contribution in [-0.2, 0) is 4.74 Å². The minimum atomic E-state index is -0.285. The van der Waals surface area contributed by atoms with Crippen molar-refractivity contribution in [1.29, 1.82) is 0 Å². The van der Waals surface area contributed by atoms with Crippen LogP contribution in [0.5, 0.6) is 0 Å². The highest BCUT2D eigenvalue weighted by Gasteiger charge is 2.27. The number of hydrogen-bond acceptors (Lipinski definition) is 3. The van der Waals surface area contributed by atoms with Crippen molar-refractivity contribution in [3.05, 3.63) is 0 Å². The van der Waals surface area contributed by atoms with Crippen molar-refractivity contribution in [3.8, 4) is 0 Å². The molecule has 0 aromatic heterocycles. The Morgan fingerprint density at radius 2 is 1.93 bits per heavy atom. The van der Waals surface area contributed by atoms with Crippen molar-refractivity contribution in [3.63, 3.8) is 0 Å². The van der Waals surface area contributed by atoms with E-state index in [4.69, 9.17) is 9.84 Å². The molecule has 3 nitrogen and oxygen atoms in total. The topological polar surface area (TPSA) is 49.7 Å². The summed E-state index contributed by atoms with van der Waals surface area (Å²) in [5.41, 5.74) is 0. The van der Waals surface area contributed by atoms with Crippen molar-refractivity contribution in [1.82, 2.24) is 0 Å². The smallest absolute Gasteiger partial charge is 0.0834 e. The van der Waals surface area contributed by atoms with Crippen LogP contribution in [0.3, 0.4) is 0 Å². The molecule has 1 fully saturated rings. The van der Waals surface area contributed by atoms with Crippen LogP contribution in [0.1, 0.15) is 45.4 Å². The van der Waals surface area contributed by atoms with Gasteiger partial charge in [0.2, 0.25) is 0 Å². The minimum absolute atomic E-state index is 0.0291. The summed E-state index contributed by atoms with van der Waals surface area (Å²) in [4.78, 5) is 0. The first kappa shape index (κ1) is 12.0. The summed E-state index contributed by atoms with van der Waals surface area (Å²) in [5, 5.41) is 18.5. The summed E-state index contributed by atoms with van der Waals surface area (Å²) in [6.07, 6.45) is 5.65. The molecule has 0 aromatic rings. The zero-order valence-corrected chi connectivity index (χ0v) is 8.98. The van der Waals surface area contributed by atoms with E-state index in [0.717, 1.165) is 19.3 Å². The van der Waals surface area contributed by atoms with Crippen LogP contribution in [0.4, 0.5) is 0 Å². The van der Waals surface area contributed by atoms with E-state index < -0.39 is 0 Å². The van der Waals surface area contributed by atoms with Gasteiger partial charge in [-0.2, -0.15) is 0 Å². The molecule has 0 spiro atoms. The van der Waals surface area contributed by atoms with E-state index in [-0.39, 0.29) is 24.9 Å². The lowest BCUT2D eigenvalue weighted by Crippen LogP contribution is -2.37. The lowest BCUT2D eigenvalue weighted by Gasteiger charge is -2.32. The van der Waals surface area contributed by atoms with Gasteiger partial charge in [-0.1, -0.05) is 26.2 Å². The van der Waals surface area contributed by atoms with E-state index in [1.807, 2.05) is 0 Å². The molecule has 1 saturated heterocycles. The zero-order chi connectivity index (χ0) is 10.4. The Morgan fingerprint density at radius 3 is 2.57 bits per heavy atom. The van der Waals surface area contributed by atoms with Gasteiger partial charge in [0.1, 0.15) is 0 Å². The van der Waals surface area contributed by atoms with Crippen LogP contribution in [0.15, 0.2) is 0 Å². The van der Waals surface area contributed by atoms with Gasteiger partial charge in [-0.25, -0.2) is 0 Å². The van der Waals surface area contributed by atoms with E-state index in [0.29, 0.717) is 6.42 Å². The Bertz CT molecular complexity index is 149. The van der Waals surface area contributed by atoms with E-state index >= 15 is 0 Å². The molecule has 0 unspecified atom stereocenters. The van der Waals surface area contributed by atoms with Crippen molar-refractivity contribution < 1.29 is 14.9 Å². The standard InChI is InChI=1S/C11H22O3/c1-2-3-4-5-10-6-9(13)7-11(8-12)14-10/h9-13H,2-8H2,1H3/t9-,10+,11+/m1/s1. The molecular weight excluding hydrogens is 180 g/mol. The van der Waals surface area contributed by atoms with Crippen LogP contribution in [-0.4, -0.2) is 35.1 Å². The fourth-order valence-corrected chi connectivity index (χ4v) is 2.01. The third kappa shape index (κ3) is 3.95. The number of ether oxygens (including phenoxy) is 1. The number of unbranched alkanes of at least 4 members (excludes halogenated alkanes) is 2. The second-order valence-electron chi connectivity index (χ2n) is 4.18. The lowest BCUT2D eigenvalue weighted by molar-refractivity contribution is -0.114. The van der Waals surface area contributed by atoms with Crippen LogP contribution < -0.4 is 0 Å². The fourth-order valence-electron chi connectivity index (χ4n) is 2.01. The molecule has 84 valence electrons. The molecule has 0 aliphatic carbocycles. The normalized spacial score (nSPS) is 33.2. The fraction of sp³-hybridized carbons (Fsp3) is 1.00. The Morgan fingerprint density at radius 1 is 1.21 bits per heavy atom. The van der Waals surface area contributed by atoms with Gasteiger partial charge in [0.15, 0.2) is 0 Å². The van der Waals surface area contributed by atoms with Crippen LogP contribution in [0.2, 0.25) is 0 Å². The minimum Gasteiger partial charge on any atom is -0.394 e. The average molecular weight is 202 g/mol. The van der Waals surface area contributed by atoms with E-state index in [1.165, 1.54) is 12.8 Å². The molecule has 14 heavy (non-hydrogen) atoms. The number of aliphatic hydroxyl groups is 2. The zero-order valence-electron chi connectivity index (χ0n) is 8.98. The number of rotatable bonds is 5. The van der Waals surface area contributed by atoms with E-state index in [1.54, 1.807) is 0 Å². The first-order valence-electron chi connectivity index (χ1n) is 5.70. The second kappa shape index (κ2) is 6.38. The van der Waals surface area contributed by atoms with Gasteiger partial charge in [0.05, 0.1) is 24.9 Å². The molecule has 1 aliphatic heterocycles. The third-order valence-electron chi connectivity index (χ3n) is 2.79. The third-order valence-corrected chi connectivity index (χ3v) is 2.79. The molecule has 0 bridgehead atoms. The molecule has 0 saturated carbocycles. The van der Waals surface area contributed by atoms with Crippen molar-refractivity contribution in [2.75, 3.05) is 6.61 Å². The van der Waals surface area contributed by atoms with Crippen LogP contribution in [0.25, 0.3) is 0 Å². The van der Waals surface area contributed by atoms with E-state index in [9.17, 15) is 5.11 Å². The summed E-state index contributed by atoms with van der Waals surface area (Å²) >= 11 is 0. The Labute approximate surface area is 86.1 Å². The van der Waals surface area contributed by atoms with Gasteiger partial charge in [-0.3, -0.25) is 0 Å². The molecule has 1 aliphatic rings. The summed E-state index contributed by atoms with van der Waals surface area (Å²) in [6, 6.07) is 0. The SMILES string of the molecule is CCCCC[C@H]1C[C@@H](O)C[C@@H](CO)O1. The molecule has 3 atom stereocenters. The highest BCUT2D eigenvalue weighted by atomic mass is 16.5. The van der Waals surface area contributed by atoms with Gasteiger partial charge < -0.3 is 14.9 Å². The molecule has 0 amide bonds. The molecule has 1 rings (SSSR count). The average Bonchev–Trinajstić information content (AvgIpc) is 2.17. The summed E-state index contributed by atoms with van der Waals surface area (Å²) in [7, 11) is 0. The predicted molar refractivity (Wildman–Crippen MR) is 55.1 cm³/mol. The maximum Gasteiger partial charge on any atom is 0.0834 e. The Kier molecular flexibility index (Phi) is 5.45. The van der Waals surface area contributed by atoms with Gasteiger partial charge in [0, 0.05) is 6.42 Å². The Balaban J connectivity index is 2.23. The van der Waals surface area contributed by atoms with Gasteiger partial charge in [0.25, 0.3) is 0 Å². The Hall–Kier alpha value is -0.120. The monoisotopic (exact) mass is 202 g/mol. The van der Waals surface area contributed by atoms with Gasteiger partial charge >= 0.3 is 0 Å². The van der Waals surface area contributed by atoms with Crippen molar-refractivity contribution in [2.24, 2.45) is 0 Å². The number of aliphatic hydroxyl groups excluding tert-OH is 2. The molecule has 0 radical (unpaired) electrons. The summed E-state index contributed by atoms with van der Waals surface area (Å²) in [6.45, 7) is 2.20. The largest absolute Gasteiger partial charge is 0.394 e.